The zero-order valence-corrected chi connectivity index (χ0v) is 18.3. The molecule has 3 amide bonds. The van der Waals surface area contributed by atoms with Gasteiger partial charge in [-0.3, -0.25) is 19.3 Å². The van der Waals surface area contributed by atoms with Crippen molar-refractivity contribution in [3.63, 3.8) is 0 Å². The van der Waals surface area contributed by atoms with Crippen LogP contribution in [0, 0.1) is 11.8 Å². The Morgan fingerprint density at radius 3 is 2.52 bits per heavy atom. The number of imide groups is 1. The van der Waals surface area contributed by atoms with Gasteiger partial charge >= 0.3 is 0 Å². The molecule has 1 spiro atoms. The molecule has 0 bridgehead atoms. The Kier molecular flexibility index (Phi) is 4.07. The van der Waals surface area contributed by atoms with Crippen molar-refractivity contribution in [1.82, 2.24) is 4.90 Å². The maximum Gasteiger partial charge on any atom is 0.250 e. The van der Waals surface area contributed by atoms with Crippen LogP contribution >= 0.6 is 34.8 Å². The van der Waals surface area contributed by atoms with Crippen molar-refractivity contribution in [3.8, 4) is 0 Å². The second-order valence-electron chi connectivity index (χ2n) is 8.37. The minimum Gasteiger partial charge on any atom is -0.323 e. The van der Waals surface area contributed by atoms with Crippen LogP contribution in [-0.4, -0.2) is 35.2 Å². The standard InChI is InChI=1S/C22H16Cl3N3O3/c23-11-5-2-7-14(17(11)25)28-19(29)15-13-8-3-9-27(13)22(16(15)20(28)30)10-4-1-6-12(24)18(10)26-21(22)31/h1-2,4-7,13,15-16H,3,8-9H2,(H,26,31)/t13-,15+,16-,22+/m0/s1. The van der Waals surface area contributed by atoms with Crippen LogP contribution in [0.3, 0.4) is 0 Å². The first-order valence-electron chi connectivity index (χ1n) is 10.1. The number of fused-ring (bicyclic) bond motifs is 7. The molecule has 1 N–H and O–H groups in total. The van der Waals surface area contributed by atoms with Crippen LogP contribution < -0.4 is 10.2 Å². The van der Waals surface area contributed by atoms with Crippen molar-refractivity contribution >= 4 is 63.9 Å². The molecule has 31 heavy (non-hydrogen) atoms. The van der Waals surface area contributed by atoms with Crippen LogP contribution in [0.2, 0.25) is 15.1 Å². The van der Waals surface area contributed by atoms with Gasteiger partial charge in [0, 0.05) is 11.6 Å². The lowest BCUT2D eigenvalue weighted by atomic mass is 9.75. The molecular weight excluding hydrogens is 461 g/mol. The molecule has 3 fully saturated rings. The summed E-state index contributed by atoms with van der Waals surface area (Å²) in [5, 5.41) is 3.70. The fourth-order valence-corrected chi connectivity index (χ4v) is 6.70. The summed E-state index contributed by atoms with van der Waals surface area (Å²) >= 11 is 18.9. The zero-order valence-electron chi connectivity index (χ0n) is 16.1. The fraction of sp³-hybridized carbons (Fsp3) is 0.318. The molecule has 0 aromatic heterocycles. The van der Waals surface area contributed by atoms with E-state index in [4.69, 9.17) is 34.8 Å². The van der Waals surface area contributed by atoms with Crippen molar-refractivity contribution in [2.24, 2.45) is 11.8 Å². The van der Waals surface area contributed by atoms with Gasteiger partial charge < -0.3 is 5.32 Å². The number of anilines is 2. The Labute approximate surface area is 193 Å². The molecule has 6 nitrogen and oxygen atoms in total. The molecule has 0 aliphatic carbocycles. The number of nitrogens with one attached hydrogen (secondary N) is 1. The lowest BCUT2D eigenvalue weighted by Gasteiger charge is -2.36. The Balaban J connectivity index is 1.58. The molecule has 158 valence electrons. The predicted octanol–water partition coefficient (Wildman–Crippen LogP) is 4.08. The minimum absolute atomic E-state index is 0.141. The third-order valence-electron chi connectivity index (χ3n) is 7.15. The molecule has 4 aliphatic heterocycles. The van der Waals surface area contributed by atoms with Crippen LogP contribution in [0.5, 0.6) is 0 Å². The van der Waals surface area contributed by atoms with Gasteiger partial charge in [-0.15, -0.1) is 0 Å². The first kappa shape index (κ1) is 19.6. The minimum atomic E-state index is -1.27. The molecule has 2 aromatic rings. The van der Waals surface area contributed by atoms with E-state index in [9.17, 15) is 14.4 Å². The molecule has 0 radical (unpaired) electrons. The van der Waals surface area contributed by atoms with E-state index in [-0.39, 0.29) is 33.6 Å². The van der Waals surface area contributed by atoms with Crippen molar-refractivity contribution in [2.75, 3.05) is 16.8 Å². The summed E-state index contributed by atoms with van der Waals surface area (Å²) in [6.45, 7) is 0.634. The average molecular weight is 477 g/mol. The Morgan fingerprint density at radius 1 is 0.968 bits per heavy atom. The van der Waals surface area contributed by atoms with E-state index < -0.39 is 23.3 Å². The maximum atomic E-state index is 13.9. The highest BCUT2D eigenvalue weighted by molar-refractivity contribution is 6.45. The summed E-state index contributed by atoms with van der Waals surface area (Å²) in [6.07, 6.45) is 1.58. The van der Waals surface area contributed by atoms with E-state index in [0.717, 1.165) is 17.7 Å². The number of hydrogen-bond acceptors (Lipinski definition) is 4. The van der Waals surface area contributed by atoms with Gasteiger partial charge in [0.2, 0.25) is 11.8 Å². The highest BCUT2D eigenvalue weighted by Crippen LogP contribution is 2.61. The van der Waals surface area contributed by atoms with Gasteiger partial charge in [-0.25, -0.2) is 4.90 Å². The number of para-hydroxylation sites is 1. The second kappa shape index (κ2) is 6.45. The van der Waals surface area contributed by atoms with Gasteiger partial charge in [-0.2, -0.15) is 0 Å². The molecule has 2 aromatic carbocycles. The third kappa shape index (κ3) is 2.21. The van der Waals surface area contributed by atoms with Crippen molar-refractivity contribution in [3.05, 3.63) is 57.0 Å². The third-order valence-corrected chi connectivity index (χ3v) is 8.27. The molecule has 0 unspecified atom stereocenters. The lowest BCUT2D eigenvalue weighted by Crippen LogP contribution is -2.54. The number of nitrogens with zero attached hydrogens (tertiary/aromatic N) is 2. The number of amides is 3. The smallest absolute Gasteiger partial charge is 0.250 e. The molecule has 6 rings (SSSR count). The summed E-state index contributed by atoms with van der Waals surface area (Å²) in [4.78, 5) is 44.2. The van der Waals surface area contributed by atoms with Crippen LogP contribution in [-0.2, 0) is 19.9 Å². The predicted molar refractivity (Wildman–Crippen MR) is 117 cm³/mol. The first-order valence-corrected chi connectivity index (χ1v) is 11.2. The average Bonchev–Trinajstić information content (AvgIpc) is 3.44. The highest BCUT2D eigenvalue weighted by Gasteiger charge is 2.74. The molecule has 3 saturated heterocycles. The van der Waals surface area contributed by atoms with Gasteiger partial charge in [-0.1, -0.05) is 53.0 Å². The quantitative estimate of drug-likeness (QED) is 0.630. The Bertz CT molecular complexity index is 1200. The SMILES string of the molecule is O=C1[C@H]2[C@@H](C(=O)N1c1cccc(Cl)c1Cl)[C@]1(C(=O)Nc3c(Cl)cccc31)N1CCC[C@@H]21. The van der Waals surface area contributed by atoms with Crippen LogP contribution in [0.1, 0.15) is 18.4 Å². The van der Waals surface area contributed by atoms with E-state index in [2.05, 4.69) is 5.32 Å². The topological polar surface area (TPSA) is 69.7 Å². The van der Waals surface area contributed by atoms with E-state index >= 15 is 0 Å². The van der Waals surface area contributed by atoms with Crippen LogP contribution in [0.25, 0.3) is 0 Å². The molecule has 4 atom stereocenters. The number of carbonyl (C=O) groups is 3. The second-order valence-corrected chi connectivity index (χ2v) is 9.57. The molecule has 9 heteroatoms. The maximum absolute atomic E-state index is 13.9. The number of rotatable bonds is 1. The number of benzene rings is 2. The number of hydrogen-bond donors (Lipinski definition) is 1. The Hall–Kier alpha value is -2.12. The zero-order chi connectivity index (χ0) is 21.7. The normalized spacial score (nSPS) is 31.4. The van der Waals surface area contributed by atoms with Crippen LogP contribution in [0.15, 0.2) is 36.4 Å². The van der Waals surface area contributed by atoms with E-state index in [1.54, 1.807) is 30.3 Å². The highest BCUT2D eigenvalue weighted by atomic mass is 35.5. The summed E-state index contributed by atoms with van der Waals surface area (Å²) in [7, 11) is 0. The van der Waals surface area contributed by atoms with Crippen molar-refractivity contribution in [2.45, 2.75) is 24.4 Å². The Morgan fingerprint density at radius 2 is 1.71 bits per heavy atom. The largest absolute Gasteiger partial charge is 0.323 e. The van der Waals surface area contributed by atoms with Crippen molar-refractivity contribution in [1.29, 1.82) is 0 Å². The summed E-state index contributed by atoms with van der Waals surface area (Å²) in [5.41, 5.74) is 0.158. The van der Waals surface area contributed by atoms with Gasteiger partial charge in [0.1, 0.15) is 5.54 Å². The summed E-state index contributed by atoms with van der Waals surface area (Å²) in [6, 6.07) is 9.93. The van der Waals surface area contributed by atoms with Gasteiger partial charge in [0.05, 0.1) is 38.3 Å². The lowest BCUT2D eigenvalue weighted by molar-refractivity contribution is -0.135. The van der Waals surface area contributed by atoms with Gasteiger partial charge in [-0.05, 0) is 37.6 Å². The van der Waals surface area contributed by atoms with Crippen LogP contribution in [0.4, 0.5) is 11.4 Å². The van der Waals surface area contributed by atoms with E-state index in [0.29, 0.717) is 22.8 Å². The monoisotopic (exact) mass is 475 g/mol. The molecule has 0 saturated carbocycles. The number of carbonyl (C=O) groups excluding carboxylic acids is 3. The first-order chi connectivity index (χ1) is 14.9. The molecular formula is C22H16Cl3N3O3. The van der Waals surface area contributed by atoms with E-state index in [1.165, 1.54) is 0 Å². The van der Waals surface area contributed by atoms with Gasteiger partial charge in [0.15, 0.2) is 0 Å². The summed E-state index contributed by atoms with van der Waals surface area (Å²) < 4.78 is 0. The summed E-state index contributed by atoms with van der Waals surface area (Å²) in [5.74, 6) is -2.58. The van der Waals surface area contributed by atoms with Crippen molar-refractivity contribution < 1.29 is 14.4 Å². The molecule has 4 heterocycles. The molecule has 4 aliphatic rings. The number of halogens is 3. The fourth-order valence-electron chi connectivity index (χ4n) is 6.10. The van der Waals surface area contributed by atoms with E-state index in [1.807, 2.05) is 11.0 Å². The van der Waals surface area contributed by atoms with Gasteiger partial charge in [0.25, 0.3) is 5.91 Å².